The van der Waals surface area contributed by atoms with Crippen LogP contribution in [-0.4, -0.2) is 154 Å². The molecule has 296 valence electrons. The maximum Gasteiger partial charge on any atom is 0.256 e. The molecule has 2 unspecified atom stereocenters. The Morgan fingerprint density at radius 2 is 0.815 bits per heavy atom. The van der Waals surface area contributed by atoms with Crippen molar-refractivity contribution in [2.24, 2.45) is 0 Å². The molecule has 0 radical (unpaired) electrons. The number of nitrogens with zero attached hydrogens (tertiary/aromatic N) is 2. The van der Waals surface area contributed by atoms with Gasteiger partial charge in [0.1, 0.15) is 13.2 Å². The normalized spacial score (nSPS) is 13.9. The lowest BCUT2D eigenvalue weighted by Crippen LogP contribution is -2.51. The first-order chi connectivity index (χ1) is 25.4. The molecular weight excluding hydrogens is 1400 g/mol. The lowest BCUT2D eigenvalue weighted by atomic mass is 10.1. The van der Waals surface area contributed by atoms with Gasteiger partial charge in [-0.05, 0) is 136 Å². The van der Waals surface area contributed by atoms with Crippen molar-refractivity contribution in [3.8, 4) is 0 Å². The zero-order chi connectivity index (χ0) is 40.6. The number of piperazine rings is 1. The number of benzene rings is 2. The molecule has 1 aliphatic rings. The van der Waals surface area contributed by atoms with Gasteiger partial charge in [0.15, 0.2) is 0 Å². The number of anilines is 2. The number of carbonyl (C=O) groups excluding carboxylic acids is 6. The van der Waals surface area contributed by atoms with Gasteiger partial charge in [0, 0.05) is 46.4 Å². The number of aliphatic hydroxyl groups is 6. The van der Waals surface area contributed by atoms with E-state index in [-0.39, 0.29) is 94.3 Å². The van der Waals surface area contributed by atoms with Gasteiger partial charge in [-0.2, -0.15) is 0 Å². The Morgan fingerprint density at radius 3 is 1.09 bits per heavy atom. The fraction of sp³-hybridized carbons (Fsp3) is 0.400. The fourth-order valence-electron chi connectivity index (χ4n) is 4.84. The molecule has 54 heavy (non-hydrogen) atoms. The molecular formula is C30H32I6N6O12. The van der Waals surface area contributed by atoms with Crippen LogP contribution in [0.2, 0.25) is 0 Å². The third-order valence-electron chi connectivity index (χ3n) is 7.60. The Kier molecular flexibility index (Phi) is 19.4. The van der Waals surface area contributed by atoms with E-state index in [0.717, 1.165) is 0 Å². The second kappa shape index (κ2) is 22.0. The molecule has 18 nitrogen and oxygen atoms in total. The second-order valence-electron chi connectivity index (χ2n) is 11.2. The van der Waals surface area contributed by atoms with E-state index in [9.17, 15) is 59.4 Å². The average Bonchev–Trinajstić information content (AvgIpc) is 3.15. The third-order valence-corrected chi connectivity index (χ3v) is 14.1. The molecule has 2 aromatic carbocycles. The van der Waals surface area contributed by atoms with Crippen LogP contribution < -0.4 is 21.3 Å². The minimum atomic E-state index is -1.24. The van der Waals surface area contributed by atoms with Crippen LogP contribution in [0.15, 0.2) is 0 Å². The number of amides is 6. The van der Waals surface area contributed by atoms with Crippen LogP contribution in [0.4, 0.5) is 11.4 Å². The summed E-state index contributed by atoms with van der Waals surface area (Å²) in [5.74, 6) is -4.00. The van der Waals surface area contributed by atoms with E-state index >= 15 is 0 Å². The first-order valence-corrected chi connectivity index (χ1v) is 21.9. The van der Waals surface area contributed by atoms with E-state index in [4.69, 9.17) is 0 Å². The SMILES string of the molecule is O=C(CO)Nc1c(I)c(C(=O)NCC(O)CO)c(I)c(C(=O)N2CCN(C(=O)c3c(I)c(NC(=O)CO)c(I)c(C(=O)NCC(O)CO)c3I)CC2)c1I. The van der Waals surface area contributed by atoms with Crippen molar-refractivity contribution in [1.29, 1.82) is 0 Å². The lowest BCUT2D eigenvalue weighted by molar-refractivity contribution is -0.119. The summed E-state index contributed by atoms with van der Waals surface area (Å²) in [5.41, 5.74) is 0.405. The average molecular weight is 1430 g/mol. The minimum absolute atomic E-state index is 0.0184. The summed E-state index contributed by atoms with van der Waals surface area (Å²) >= 11 is 11.1. The van der Waals surface area contributed by atoms with Crippen molar-refractivity contribution in [1.82, 2.24) is 20.4 Å². The van der Waals surface area contributed by atoms with Crippen LogP contribution in [0.25, 0.3) is 0 Å². The molecule has 1 aliphatic heterocycles. The van der Waals surface area contributed by atoms with E-state index in [1.165, 1.54) is 9.80 Å². The Balaban J connectivity index is 2.00. The van der Waals surface area contributed by atoms with Gasteiger partial charge in [-0.25, -0.2) is 0 Å². The molecule has 3 rings (SSSR count). The number of rotatable bonds is 14. The predicted octanol–water partition coefficient (Wildman–Crippen LogP) is -0.0600. The van der Waals surface area contributed by atoms with Crippen LogP contribution in [0.3, 0.4) is 0 Å². The Labute approximate surface area is 389 Å². The predicted molar refractivity (Wildman–Crippen MR) is 243 cm³/mol. The summed E-state index contributed by atoms with van der Waals surface area (Å²) in [6.07, 6.45) is -2.48. The highest BCUT2D eigenvalue weighted by molar-refractivity contribution is 14.1. The third kappa shape index (κ3) is 11.3. The standard InChI is InChI=1S/C30H32I6N6O12/c31-19-15(27(51)37-5-11(47)7-43)21(33)25(39-13(49)9-45)23(35)17(19)29(53)41-1-2-42(4-3-41)30(54)18-20(32)16(28(52)38-6-12(48)8-44)22(34)26(24(18)36)40-14(50)10-46/h11-12,43-48H,1-10H2,(H,37,51)(H,38,52)(H,39,49)(H,40,50). The quantitative estimate of drug-likeness (QED) is 0.112. The van der Waals surface area contributed by atoms with Gasteiger partial charge < -0.3 is 61.7 Å². The molecule has 1 heterocycles. The summed E-state index contributed by atoms with van der Waals surface area (Å²) in [7, 11) is 0. The highest BCUT2D eigenvalue weighted by atomic mass is 127. The minimum Gasteiger partial charge on any atom is -0.394 e. The van der Waals surface area contributed by atoms with Gasteiger partial charge in [0.2, 0.25) is 11.8 Å². The topological polar surface area (TPSA) is 278 Å². The van der Waals surface area contributed by atoms with Gasteiger partial charge in [-0.15, -0.1) is 0 Å². The largest absolute Gasteiger partial charge is 0.394 e. The zero-order valence-electron chi connectivity index (χ0n) is 27.5. The molecule has 1 fully saturated rings. The Morgan fingerprint density at radius 1 is 0.519 bits per heavy atom. The van der Waals surface area contributed by atoms with Crippen molar-refractivity contribution in [3.05, 3.63) is 43.7 Å². The van der Waals surface area contributed by atoms with Crippen LogP contribution in [0, 0.1) is 21.4 Å². The molecule has 24 heteroatoms. The maximum atomic E-state index is 14.2. The summed E-state index contributed by atoms with van der Waals surface area (Å²) in [4.78, 5) is 82.4. The number of carbonyl (C=O) groups is 6. The molecule has 0 saturated carbocycles. The van der Waals surface area contributed by atoms with E-state index in [0.29, 0.717) is 0 Å². The van der Waals surface area contributed by atoms with Crippen molar-refractivity contribution >= 4 is 182 Å². The molecule has 2 atom stereocenters. The van der Waals surface area contributed by atoms with Gasteiger partial charge in [-0.3, -0.25) is 28.8 Å². The fourth-order valence-corrected chi connectivity index (χ4v) is 13.6. The monoisotopic (exact) mass is 1430 g/mol. The maximum absolute atomic E-state index is 14.2. The van der Waals surface area contributed by atoms with E-state index in [1.807, 2.05) is 136 Å². The summed E-state index contributed by atoms with van der Waals surface area (Å²) < 4.78 is 1.58. The smallest absolute Gasteiger partial charge is 0.256 e. The van der Waals surface area contributed by atoms with Crippen molar-refractivity contribution in [2.75, 3.05) is 76.3 Å². The first kappa shape index (κ1) is 47.8. The van der Waals surface area contributed by atoms with Crippen LogP contribution in [0.1, 0.15) is 41.4 Å². The zero-order valence-corrected chi connectivity index (χ0v) is 40.5. The summed E-state index contributed by atoms with van der Waals surface area (Å²) in [6, 6.07) is 0. The molecule has 0 aliphatic carbocycles. The molecule has 0 bridgehead atoms. The number of halogens is 6. The second-order valence-corrected chi connectivity index (χ2v) is 17.7. The van der Waals surface area contributed by atoms with Gasteiger partial charge in [0.05, 0.1) is 73.3 Å². The van der Waals surface area contributed by atoms with E-state index < -0.39 is 74.1 Å². The molecule has 0 spiro atoms. The van der Waals surface area contributed by atoms with E-state index in [2.05, 4.69) is 21.3 Å². The molecule has 2 aromatic rings. The van der Waals surface area contributed by atoms with Gasteiger partial charge in [0.25, 0.3) is 23.6 Å². The molecule has 0 aromatic heterocycles. The van der Waals surface area contributed by atoms with Gasteiger partial charge in [-0.1, -0.05) is 0 Å². The van der Waals surface area contributed by atoms with Crippen LogP contribution >= 0.6 is 136 Å². The number of nitrogens with one attached hydrogen (secondary N) is 4. The molecule has 10 N–H and O–H groups in total. The van der Waals surface area contributed by atoms with Crippen molar-refractivity contribution < 1.29 is 59.4 Å². The number of aliphatic hydroxyl groups excluding tert-OH is 6. The molecule has 6 amide bonds. The summed E-state index contributed by atoms with van der Waals surface area (Å²) in [5, 5.41) is 66.8. The number of hydrogen-bond donors (Lipinski definition) is 10. The lowest BCUT2D eigenvalue weighted by Gasteiger charge is -2.36. The number of hydrogen-bond acceptors (Lipinski definition) is 12. The van der Waals surface area contributed by atoms with E-state index in [1.54, 1.807) is 0 Å². The highest BCUT2D eigenvalue weighted by Gasteiger charge is 2.35. The Hall–Kier alpha value is -0.600. The molecule has 1 saturated heterocycles. The highest BCUT2D eigenvalue weighted by Crippen LogP contribution is 2.38. The Bertz CT molecular complexity index is 1700. The van der Waals surface area contributed by atoms with Gasteiger partial charge >= 0.3 is 0 Å². The van der Waals surface area contributed by atoms with Crippen LogP contribution in [0.5, 0.6) is 0 Å². The van der Waals surface area contributed by atoms with Crippen molar-refractivity contribution in [2.45, 2.75) is 12.2 Å². The first-order valence-electron chi connectivity index (χ1n) is 15.4. The van der Waals surface area contributed by atoms with Crippen LogP contribution in [-0.2, 0) is 9.59 Å². The summed E-state index contributed by atoms with van der Waals surface area (Å²) in [6.45, 7) is -3.40. The van der Waals surface area contributed by atoms with Crippen molar-refractivity contribution in [3.63, 3.8) is 0 Å².